The highest BCUT2D eigenvalue weighted by Crippen LogP contribution is 2.27. The molecule has 3 rings (SSSR count). The van der Waals surface area contributed by atoms with Gasteiger partial charge in [-0.25, -0.2) is 4.39 Å². The Morgan fingerprint density at radius 3 is 2.62 bits per heavy atom. The van der Waals surface area contributed by atoms with E-state index in [1.807, 2.05) is 0 Å². The van der Waals surface area contributed by atoms with Crippen LogP contribution in [-0.4, -0.2) is 20.2 Å². The van der Waals surface area contributed by atoms with Crippen LogP contribution in [0, 0.1) is 12.7 Å². The van der Waals surface area contributed by atoms with Gasteiger partial charge >= 0.3 is 0 Å². The van der Waals surface area contributed by atoms with Crippen LogP contribution in [0.4, 0.5) is 10.1 Å². The molecular weight excluding hydrogens is 293 g/mol. The summed E-state index contributed by atoms with van der Waals surface area (Å²) in [5.74, 6) is -0.112. The van der Waals surface area contributed by atoms with E-state index in [1.165, 1.54) is 10.7 Å². The molecule has 0 saturated heterocycles. The predicted molar refractivity (Wildman–Crippen MR) is 78.7 cm³/mol. The second-order valence-electron chi connectivity index (χ2n) is 4.59. The summed E-state index contributed by atoms with van der Waals surface area (Å²) < 4.78 is 15.8. The van der Waals surface area contributed by atoms with Crippen molar-refractivity contribution in [2.45, 2.75) is 6.92 Å². The van der Waals surface area contributed by atoms with Crippen LogP contribution in [0.2, 0.25) is 5.02 Å². The average Bonchev–Trinajstić information content (AvgIpc) is 2.93. The fourth-order valence-electron chi connectivity index (χ4n) is 2.07. The van der Waals surface area contributed by atoms with Crippen molar-refractivity contribution in [1.82, 2.24) is 20.2 Å². The molecule has 0 spiro atoms. The molecule has 7 heteroatoms. The number of rotatable bonds is 2. The third kappa shape index (κ3) is 2.45. The highest BCUT2D eigenvalue weighted by Gasteiger charge is 2.17. The molecule has 3 aromatic rings. The lowest BCUT2D eigenvalue weighted by Crippen LogP contribution is -2.02. The van der Waals surface area contributed by atoms with Crippen molar-refractivity contribution >= 4 is 17.3 Å². The zero-order valence-electron chi connectivity index (χ0n) is 11.1. The van der Waals surface area contributed by atoms with Crippen LogP contribution in [0.5, 0.6) is 0 Å². The molecule has 0 fully saturated rings. The quantitative estimate of drug-likeness (QED) is 0.739. The van der Waals surface area contributed by atoms with Crippen molar-refractivity contribution in [3.63, 3.8) is 0 Å². The highest BCUT2D eigenvalue weighted by atomic mass is 35.5. The van der Waals surface area contributed by atoms with Gasteiger partial charge in [0.15, 0.2) is 5.82 Å². The monoisotopic (exact) mass is 303 g/mol. The molecular formula is C14H11ClFN5. The van der Waals surface area contributed by atoms with Crippen molar-refractivity contribution in [3.8, 4) is 17.1 Å². The Labute approximate surface area is 125 Å². The van der Waals surface area contributed by atoms with Crippen LogP contribution in [0.1, 0.15) is 5.56 Å². The first-order valence-corrected chi connectivity index (χ1v) is 6.54. The number of tetrazole rings is 1. The first-order valence-electron chi connectivity index (χ1n) is 6.16. The maximum atomic E-state index is 14.3. The number of nitrogens with zero attached hydrogens (tertiary/aromatic N) is 4. The zero-order valence-corrected chi connectivity index (χ0v) is 11.8. The minimum atomic E-state index is -0.394. The number of anilines is 1. The third-order valence-electron chi connectivity index (χ3n) is 3.06. The van der Waals surface area contributed by atoms with Gasteiger partial charge in [-0.05, 0) is 59.3 Å². The molecule has 0 aliphatic rings. The van der Waals surface area contributed by atoms with Gasteiger partial charge in [0.25, 0.3) is 0 Å². The third-order valence-corrected chi connectivity index (χ3v) is 3.31. The Morgan fingerprint density at radius 2 is 1.90 bits per heavy atom. The smallest absolute Gasteiger partial charge is 0.190 e. The summed E-state index contributed by atoms with van der Waals surface area (Å²) in [5, 5.41) is 12.0. The molecule has 0 radical (unpaired) electrons. The molecule has 5 nitrogen and oxygen atoms in total. The fourth-order valence-corrected chi connectivity index (χ4v) is 2.20. The SMILES string of the molecule is Cc1cc(N)cc(-c2nnnn2-c2ccc(Cl)cc2)c1F. The molecule has 106 valence electrons. The molecule has 0 aliphatic carbocycles. The van der Waals surface area contributed by atoms with E-state index in [4.69, 9.17) is 17.3 Å². The van der Waals surface area contributed by atoms with Crippen LogP contribution in [0.3, 0.4) is 0 Å². The van der Waals surface area contributed by atoms with Crippen LogP contribution >= 0.6 is 11.6 Å². The van der Waals surface area contributed by atoms with E-state index in [2.05, 4.69) is 15.5 Å². The Hall–Kier alpha value is -2.47. The molecule has 0 amide bonds. The van der Waals surface area contributed by atoms with Crippen LogP contribution in [0.25, 0.3) is 17.1 Å². The number of nitrogen functional groups attached to an aromatic ring is 1. The maximum Gasteiger partial charge on any atom is 0.190 e. The molecule has 2 N–H and O–H groups in total. The average molecular weight is 304 g/mol. The summed E-state index contributed by atoms with van der Waals surface area (Å²) in [4.78, 5) is 0. The number of aromatic nitrogens is 4. The molecule has 21 heavy (non-hydrogen) atoms. The molecule has 0 bridgehead atoms. The molecule has 0 aliphatic heterocycles. The van der Waals surface area contributed by atoms with Crippen molar-refractivity contribution in [3.05, 3.63) is 52.8 Å². The van der Waals surface area contributed by atoms with E-state index in [9.17, 15) is 4.39 Å². The van der Waals surface area contributed by atoms with E-state index in [0.29, 0.717) is 22.0 Å². The fraction of sp³-hybridized carbons (Fsp3) is 0.0714. The number of hydrogen-bond donors (Lipinski definition) is 1. The van der Waals surface area contributed by atoms with Crippen molar-refractivity contribution in [1.29, 1.82) is 0 Å². The van der Waals surface area contributed by atoms with E-state index >= 15 is 0 Å². The van der Waals surface area contributed by atoms with Gasteiger partial charge in [-0.2, -0.15) is 4.68 Å². The van der Waals surface area contributed by atoms with E-state index in [0.717, 1.165) is 0 Å². The summed E-state index contributed by atoms with van der Waals surface area (Å²) in [6.07, 6.45) is 0. The number of benzene rings is 2. The van der Waals surface area contributed by atoms with Crippen LogP contribution in [0.15, 0.2) is 36.4 Å². The minimum Gasteiger partial charge on any atom is -0.399 e. The lowest BCUT2D eigenvalue weighted by molar-refractivity contribution is 0.620. The van der Waals surface area contributed by atoms with Gasteiger partial charge in [0.1, 0.15) is 5.82 Å². The second kappa shape index (κ2) is 5.14. The maximum absolute atomic E-state index is 14.3. The summed E-state index contributed by atoms with van der Waals surface area (Å²) in [6, 6.07) is 10.0. The van der Waals surface area contributed by atoms with Crippen molar-refractivity contribution < 1.29 is 4.39 Å². The van der Waals surface area contributed by atoms with Crippen molar-refractivity contribution in [2.75, 3.05) is 5.73 Å². The van der Waals surface area contributed by atoms with Gasteiger partial charge in [0.05, 0.1) is 11.3 Å². The molecule has 2 aromatic carbocycles. The normalized spacial score (nSPS) is 10.8. The Kier molecular flexibility index (Phi) is 3.31. The summed E-state index contributed by atoms with van der Waals surface area (Å²) in [5.41, 5.74) is 7.61. The number of hydrogen-bond acceptors (Lipinski definition) is 4. The topological polar surface area (TPSA) is 69.6 Å². The van der Waals surface area contributed by atoms with E-state index in [-0.39, 0.29) is 11.4 Å². The van der Waals surface area contributed by atoms with Gasteiger partial charge < -0.3 is 5.73 Å². The van der Waals surface area contributed by atoms with Gasteiger partial charge in [0.2, 0.25) is 0 Å². The van der Waals surface area contributed by atoms with E-state index in [1.54, 1.807) is 37.3 Å². The molecule has 1 heterocycles. The lowest BCUT2D eigenvalue weighted by atomic mass is 10.1. The van der Waals surface area contributed by atoms with Gasteiger partial charge in [-0.15, -0.1) is 5.10 Å². The van der Waals surface area contributed by atoms with Crippen molar-refractivity contribution in [2.24, 2.45) is 0 Å². The zero-order chi connectivity index (χ0) is 15.0. The van der Waals surface area contributed by atoms with E-state index < -0.39 is 5.82 Å². The van der Waals surface area contributed by atoms with Gasteiger partial charge in [-0.1, -0.05) is 11.6 Å². The minimum absolute atomic E-state index is 0.257. The number of aryl methyl sites for hydroxylation is 1. The first-order chi connectivity index (χ1) is 10.1. The summed E-state index contributed by atoms with van der Waals surface area (Å²) in [7, 11) is 0. The second-order valence-corrected chi connectivity index (χ2v) is 5.03. The molecule has 1 aromatic heterocycles. The number of nitrogens with two attached hydrogens (primary N) is 1. The summed E-state index contributed by atoms with van der Waals surface area (Å²) in [6.45, 7) is 1.64. The standard InChI is InChI=1S/C14H11ClFN5/c1-8-6-10(17)7-12(13(8)16)14-18-19-20-21(14)11-4-2-9(15)3-5-11/h2-7H,17H2,1H3. The van der Waals surface area contributed by atoms with Gasteiger partial charge in [-0.3, -0.25) is 0 Å². The lowest BCUT2D eigenvalue weighted by Gasteiger charge is -2.08. The summed E-state index contributed by atoms with van der Waals surface area (Å²) >= 11 is 5.86. The number of halogens is 2. The largest absolute Gasteiger partial charge is 0.399 e. The van der Waals surface area contributed by atoms with Crippen LogP contribution < -0.4 is 5.73 Å². The Balaban J connectivity index is 2.18. The molecule has 0 saturated carbocycles. The molecule has 0 atom stereocenters. The Bertz CT molecular complexity index is 798. The molecule has 0 unspecified atom stereocenters. The Morgan fingerprint density at radius 1 is 1.19 bits per heavy atom. The van der Waals surface area contributed by atoms with Crippen LogP contribution in [-0.2, 0) is 0 Å². The predicted octanol–water partition coefficient (Wildman–Crippen LogP) is 3.01. The van der Waals surface area contributed by atoms with Gasteiger partial charge in [0, 0.05) is 10.7 Å². The first kappa shape index (κ1) is 13.5. The highest BCUT2D eigenvalue weighted by molar-refractivity contribution is 6.30.